The van der Waals surface area contributed by atoms with Crippen molar-refractivity contribution >= 4 is 17.0 Å². The molecule has 0 aliphatic rings. The van der Waals surface area contributed by atoms with Crippen LogP contribution >= 0.6 is 0 Å². The molecule has 0 aliphatic heterocycles. The topological polar surface area (TPSA) is 115 Å². The molecule has 0 spiro atoms. The molecular weight excluding hydrogens is 266 g/mol. The van der Waals surface area contributed by atoms with Gasteiger partial charge in [0.25, 0.3) is 0 Å². The summed E-state index contributed by atoms with van der Waals surface area (Å²) in [6.07, 6.45) is -0.526. The highest BCUT2D eigenvalue weighted by Gasteiger charge is 2.40. The first-order valence-corrected chi connectivity index (χ1v) is 5.65. The Morgan fingerprint density at radius 2 is 2.05 bits per heavy atom. The number of carbonyl (C=O) groups is 1. The molecule has 8 nitrogen and oxygen atoms in total. The van der Waals surface area contributed by atoms with Crippen LogP contribution in [0.3, 0.4) is 0 Å². The summed E-state index contributed by atoms with van der Waals surface area (Å²) in [5, 5.41) is 20.8. The molecule has 1 N–H and O–H groups in total. The second-order valence-corrected chi connectivity index (χ2v) is 3.98. The van der Waals surface area contributed by atoms with Gasteiger partial charge in [0.05, 0.1) is 30.0 Å². The van der Waals surface area contributed by atoms with E-state index in [1.165, 1.54) is 6.20 Å². The number of hydrogen-bond donors (Lipinski definition) is 1. The van der Waals surface area contributed by atoms with Gasteiger partial charge >= 0.3 is 12.0 Å². The van der Waals surface area contributed by atoms with Gasteiger partial charge in [-0.1, -0.05) is 12.1 Å². The summed E-state index contributed by atoms with van der Waals surface area (Å²) < 4.78 is 4.31. The number of aliphatic hydroxyl groups excluding tert-OH is 1. The SMILES string of the molecule is COC(=O)C(C(O)c1cnc2ccccc2n1)[N+](=O)[O-]. The van der Waals surface area contributed by atoms with E-state index in [9.17, 15) is 20.0 Å². The number of aromatic nitrogens is 2. The molecule has 2 atom stereocenters. The number of hydrogen-bond acceptors (Lipinski definition) is 7. The molecule has 2 unspecified atom stereocenters. The number of methoxy groups -OCH3 is 1. The van der Waals surface area contributed by atoms with Crippen LogP contribution in [-0.2, 0) is 9.53 Å². The van der Waals surface area contributed by atoms with Crippen molar-refractivity contribution in [2.75, 3.05) is 7.11 Å². The number of carbonyl (C=O) groups excluding carboxylic acids is 1. The van der Waals surface area contributed by atoms with E-state index < -0.39 is 23.0 Å². The predicted molar refractivity (Wildman–Crippen MR) is 67.3 cm³/mol. The zero-order chi connectivity index (χ0) is 14.7. The fourth-order valence-electron chi connectivity index (χ4n) is 1.73. The van der Waals surface area contributed by atoms with Crippen LogP contribution in [-0.4, -0.2) is 39.1 Å². The molecule has 0 radical (unpaired) electrons. The van der Waals surface area contributed by atoms with E-state index in [2.05, 4.69) is 14.7 Å². The molecule has 0 amide bonds. The van der Waals surface area contributed by atoms with E-state index >= 15 is 0 Å². The standard InChI is InChI=1S/C12H11N3O5/c1-20-12(17)10(15(18)19)11(16)9-6-13-7-4-2-3-5-8(7)14-9/h2-6,10-11,16H,1H3. The summed E-state index contributed by atoms with van der Waals surface area (Å²) in [5.41, 5.74) is 0.992. The van der Waals surface area contributed by atoms with Crippen molar-refractivity contribution < 1.29 is 19.6 Å². The Labute approximate surface area is 113 Å². The van der Waals surface area contributed by atoms with Crippen LogP contribution < -0.4 is 0 Å². The Balaban J connectivity index is 2.40. The minimum absolute atomic E-state index is 0.0594. The highest BCUT2D eigenvalue weighted by molar-refractivity contribution is 5.76. The zero-order valence-corrected chi connectivity index (χ0v) is 10.5. The second-order valence-electron chi connectivity index (χ2n) is 3.98. The largest absolute Gasteiger partial charge is 0.464 e. The average molecular weight is 277 g/mol. The van der Waals surface area contributed by atoms with Crippen LogP contribution in [0.15, 0.2) is 30.5 Å². The van der Waals surface area contributed by atoms with Crippen molar-refractivity contribution in [2.24, 2.45) is 0 Å². The lowest BCUT2D eigenvalue weighted by atomic mass is 10.1. The second kappa shape index (κ2) is 5.57. The molecule has 0 bridgehead atoms. The maximum Gasteiger partial charge on any atom is 0.384 e. The summed E-state index contributed by atoms with van der Waals surface area (Å²) in [6.45, 7) is 0. The van der Waals surface area contributed by atoms with Gasteiger partial charge in [0.1, 0.15) is 0 Å². The van der Waals surface area contributed by atoms with Crippen LogP contribution in [0.4, 0.5) is 0 Å². The molecule has 1 aromatic heterocycles. The van der Waals surface area contributed by atoms with Gasteiger partial charge in [-0.2, -0.15) is 0 Å². The average Bonchev–Trinajstić information content (AvgIpc) is 2.46. The van der Waals surface area contributed by atoms with Crippen LogP contribution in [0, 0.1) is 10.1 Å². The van der Waals surface area contributed by atoms with Crippen molar-refractivity contribution in [3.8, 4) is 0 Å². The van der Waals surface area contributed by atoms with Gasteiger partial charge < -0.3 is 9.84 Å². The number of fused-ring (bicyclic) bond motifs is 1. The van der Waals surface area contributed by atoms with E-state index in [0.29, 0.717) is 11.0 Å². The van der Waals surface area contributed by atoms with Crippen LogP contribution in [0.2, 0.25) is 0 Å². The molecule has 8 heteroatoms. The molecule has 0 fully saturated rings. The van der Waals surface area contributed by atoms with Crippen molar-refractivity contribution in [2.45, 2.75) is 12.1 Å². The predicted octanol–water partition coefficient (Wildman–Crippen LogP) is 0.481. The van der Waals surface area contributed by atoms with Crippen LogP contribution in [0.1, 0.15) is 11.8 Å². The third kappa shape index (κ3) is 2.54. The molecule has 1 aromatic carbocycles. The number of esters is 1. The van der Waals surface area contributed by atoms with Crippen molar-refractivity contribution in [3.63, 3.8) is 0 Å². The van der Waals surface area contributed by atoms with Gasteiger partial charge in [-0.3, -0.25) is 15.1 Å². The molecule has 0 saturated carbocycles. The third-order valence-corrected chi connectivity index (χ3v) is 2.74. The van der Waals surface area contributed by atoms with Crippen LogP contribution in [0.5, 0.6) is 0 Å². The molecule has 0 saturated heterocycles. The van der Waals surface area contributed by atoms with Gasteiger partial charge in [-0.15, -0.1) is 0 Å². The van der Waals surface area contributed by atoms with E-state index in [4.69, 9.17) is 0 Å². The first-order chi connectivity index (χ1) is 9.54. The van der Waals surface area contributed by atoms with Gasteiger partial charge in [0.2, 0.25) is 0 Å². The fraction of sp³-hybridized carbons (Fsp3) is 0.250. The summed E-state index contributed by atoms with van der Waals surface area (Å²) >= 11 is 0. The van der Waals surface area contributed by atoms with Gasteiger partial charge in [0.15, 0.2) is 6.10 Å². The molecular formula is C12H11N3O5. The lowest BCUT2D eigenvalue weighted by molar-refractivity contribution is -0.523. The van der Waals surface area contributed by atoms with E-state index in [0.717, 1.165) is 7.11 Å². The minimum atomic E-state index is -1.93. The molecule has 1 heterocycles. The monoisotopic (exact) mass is 277 g/mol. The lowest BCUT2D eigenvalue weighted by Gasteiger charge is -2.13. The lowest BCUT2D eigenvalue weighted by Crippen LogP contribution is -2.37. The first kappa shape index (κ1) is 13.8. The molecule has 2 aromatic rings. The third-order valence-electron chi connectivity index (χ3n) is 2.74. The number of ether oxygens (including phenoxy) is 1. The molecule has 2 rings (SSSR count). The molecule has 0 aliphatic carbocycles. The van der Waals surface area contributed by atoms with Gasteiger partial charge in [-0.25, -0.2) is 9.78 Å². The normalized spacial score (nSPS) is 13.7. The molecule has 20 heavy (non-hydrogen) atoms. The van der Waals surface area contributed by atoms with E-state index in [1.54, 1.807) is 24.3 Å². The highest BCUT2D eigenvalue weighted by atomic mass is 16.6. The Bertz CT molecular complexity index is 660. The quantitative estimate of drug-likeness (QED) is 0.491. The Morgan fingerprint density at radius 1 is 1.40 bits per heavy atom. The number of nitro groups is 1. The number of rotatable bonds is 4. The smallest absolute Gasteiger partial charge is 0.384 e. The van der Waals surface area contributed by atoms with Gasteiger partial charge in [-0.05, 0) is 12.1 Å². The maximum atomic E-state index is 11.4. The Hall–Kier alpha value is -2.61. The maximum absolute atomic E-state index is 11.4. The summed E-state index contributed by atoms with van der Waals surface area (Å²) in [7, 11) is 1.01. The van der Waals surface area contributed by atoms with Gasteiger partial charge in [0, 0.05) is 4.92 Å². The number of nitrogens with zero attached hydrogens (tertiary/aromatic N) is 3. The molecule has 104 valence electrons. The highest BCUT2D eigenvalue weighted by Crippen LogP contribution is 2.19. The summed E-state index contributed by atoms with van der Waals surface area (Å²) in [5.74, 6) is -1.14. The minimum Gasteiger partial charge on any atom is -0.464 e. The first-order valence-electron chi connectivity index (χ1n) is 5.65. The van der Waals surface area contributed by atoms with Crippen molar-refractivity contribution in [3.05, 3.63) is 46.3 Å². The van der Waals surface area contributed by atoms with E-state index in [1.807, 2.05) is 0 Å². The number of para-hydroxylation sites is 2. The van der Waals surface area contributed by atoms with Crippen molar-refractivity contribution in [1.29, 1.82) is 0 Å². The number of benzene rings is 1. The Morgan fingerprint density at radius 3 is 2.65 bits per heavy atom. The number of aliphatic hydroxyl groups is 1. The van der Waals surface area contributed by atoms with Crippen LogP contribution in [0.25, 0.3) is 11.0 Å². The summed E-state index contributed by atoms with van der Waals surface area (Å²) in [6, 6.07) is 4.91. The zero-order valence-electron chi connectivity index (χ0n) is 10.5. The fourth-order valence-corrected chi connectivity index (χ4v) is 1.73. The van der Waals surface area contributed by atoms with Crippen molar-refractivity contribution in [1.82, 2.24) is 9.97 Å². The Kier molecular flexibility index (Phi) is 3.85. The summed E-state index contributed by atoms with van der Waals surface area (Å²) in [4.78, 5) is 29.4. The van der Waals surface area contributed by atoms with E-state index in [-0.39, 0.29) is 5.69 Å².